The number of aromatic nitrogens is 1. The van der Waals surface area contributed by atoms with Crippen LogP contribution < -0.4 is 5.32 Å². The fourth-order valence-corrected chi connectivity index (χ4v) is 2.17. The van der Waals surface area contributed by atoms with Gasteiger partial charge in [-0.05, 0) is 29.6 Å². The van der Waals surface area contributed by atoms with Crippen LogP contribution in [0.3, 0.4) is 0 Å². The summed E-state index contributed by atoms with van der Waals surface area (Å²) in [6.07, 6.45) is 2.74. The molecule has 0 saturated heterocycles. The molecule has 7 nitrogen and oxygen atoms in total. The summed E-state index contributed by atoms with van der Waals surface area (Å²) >= 11 is 0.994. The van der Waals surface area contributed by atoms with Gasteiger partial charge in [-0.15, -0.1) is 0 Å². The predicted octanol–water partition coefficient (Wildman–Crippen LogP) is 2.74. The van der Waals surface area contributed by atoms with Crippen molar-refractivity contribution in [1.82, 2.24) is 4.98 Å². The van der Waals surface area contributed by atoms with E-state index in [1.165, 1.54) is 6.20 Å². The van der Waals surface area contributed by atoms with Crippen LogP contribution in [0.5, 0.6) is 0 Å². The Morgan fingerprint density at radius 1 is 1.58 bits per heavy atom. The molecule has 1 aromatic heterocycles. The topological polar surface area (TPSA) is 105 Å². The molecule has 0 aliphatic rings. The molecule has 0 aromatic carbocycles. The first-order valence-electron chi connectivity index (χ1n) is 5.86. The summed E-state index contributed by atoms with van der Waals surface area (Å²) in [6.45, 7) is 4.61. The minimum atomic E-state index is -0.795. The van der Waals surface area contributed by atoms with Gasteiger partial charge in [-0.1, -0.05) is 13.8 Å². The molecule has 0 spiro atoms. The Bertz CT molecular complexity index is 459. The maximum Gasteiger partial charge on any atom is 0.345 e. The smallest absolute Gasteiger partial charge is 0.345 e. The molecule has 1 aromatic rings. The third-order valence-corrected chi connectivity index (χ3v) is 3.67. The summed E-state index contributed by atoms with van der Waals surface area (Å²) in [5.74, 6) is -0.795. The van der Waals surface area contributed by atoms with E-state index in [0.717, 1.165) is 17.8 Å². The maximum absolute atomic E-state index is 10.5. The Morgan fingerprint density at radius 3 is 2.79 bits per heavy atom. The molecular weight excluding hydrogens is 270 g/mol. The van der Waals surface area contributed by atoms with Crippen molar-refractivity contribution in [3.05, 3.63) is 16.3 Å². The molecule has 106 valence electrons. The average Bonchev–Trinajstić information content (AvgIpc) is 2.75. The molecule has 8 heteroatoms. The van der Waals surface area contributed by atoms with Gasteiger partial charge < -0.3 is 10.4 Å². The van der Waals surface area contributed by atoms with Crippen LogP contribution in [0.1, 0.15) is 33.1 Å². The summed E-state index contributed by atoms with van der Waals surface area (Å²) < 4.78 is 0. The predicted molar refractivity (Wildman–Crippen MR) is 72.5 cm³/mol. The Labute approximate surface area is 114 Å². The van der Waals surface area contributed by atoms with Gasteiger partial charge in [0.2, 0.25) is 0 Å². The maximum atomic E-state index is 10.5. The fraction of sp³-hybridized carbons (Fsp3) is 0.636. The van der Waals surface area contributed by atoms with Crippen molar-refractivity contribution in [3.8, 4) is 0 Å². The normalized spacial score (nSPS) is 11.3. The van der Waals surface area contributed by atoms with Crippen LogP contribution in [0, 0.1) is 15.5 Å². The lowest BCUT2D eigenvalue weighted by atomic mass is 9.84. The summed E-state index contributed by atoms with van der Waals surface area (Å²) in [5.41, 5.74) is -0.0887. The van der Waals surface area contributed by atoms with Crippen molar-refractivity contribution in [2.24, 2.45) is 5.41 Å². The van der Waals surface area contributed by atoms with E-state index >= 15 is 0 Å². The quantitative estimate of drug-likeness (QED) is 0.562. The summed E-state index contributed by atoms with van der Waals surface area (Å²) in [7, 11) is 0. The van der Waals surface area contributed by atoms with E-state index in [9.17, 15) is 14.9 Å². The third kappa shape index (κ3) is 5.64. The summed E-state index contributed by atoms with van der Waals surface area (Å²) in [4.78, 5) is 24.4. The molecule has 1 rings (SSSR count). The van der Waals surface area contributed by atoms with Crippen molar-refractivity contribution in [1.29, 1.82) is 0 Å². The molecule has 2 N–H and O–H groups in total. The monoisotopic (exact) mass is 287 g/mol. The molecule has 0 unspecified atom stereocenters. The molecule has 0 atom stereocenters. The van der Waals surface area contributed by atoms with Crippen LogP contribution in [-0.4, -0.2) is 27.5 Å². The minimum absolute atomic E-state index is 0.00707. The second-order valence-corrected chi connectivity index (χ2v) is 6.00. The van der Waals surface area contributed by atoms with E-state index in [2.05, 4.69) is 10.3 Å². The van der Waals surface area contributed by atoms with Crippen molar-refractivity contribution in [3.63, 3.8) is 0 Å². The highest BCUT2D eigenvalue weighted by Crippen LogP contribution is 2.28. The van der Waals surface area contributed by atoms with Gasteiger partial charge in [-0.25, -0.2) is 4.98 Å². The Balaban J connectivity index is 2.36. The molecule has 0 amide bonds. The highest BCUT2D eigenvalue weighted by molar-refractivity contribution is 7.18. The molecular formula is C11H17N3O4S. The molecule has 1 heterocycles. The fourth-order valence-electron chi connectivity index (χ4n) is 1.51. The minimum Gasteiger partial charge on any atom is -0.481 e. The number of aliphatic carboxylic acids is 1. The number of rotatable bonds is 8. The largest absolute Gasteiger partial charge is 0.481 e. The molecule has 0 radical (unpaired) electrons. The van der Waals surface area contributed by atoms with Gasteiger partial charge in [0.05, 0.1) is 4.92 Å². The Kier molecular flexibility index (Phi) is 5.22. The van der Waals surface area contributed by atoms with Gasteiger partial charge in [0.15, 0.2) is 5.13 Å². The van der Waals surface area contributed by atoms with Gasteiger partial charge in [0.25, 0.3) is 0 Å². The van der Waals surface area contributed by atoms with Crippen LogP contribution in [-0.2, 0) is 4.79 Å². The van der Waals surface area contributed by atoms with Crippen LogP contribution in [0.4, 0.5) is 10.1 Å². The van der Waals surface area contributed by atoms with E-state index in [1.54, 1.807) is 0 Å². The standard InChI is InChI=1S/C11H17N3O4S/c1-11(2,4-3-9(15)16)5-6-12-10-13-7-8(19-10)14(17)18/h7H,3-6H2,1-2H3,(H,12,13)(H,15,16). The molecule has 0 bridgehead atoms. The highest BCUT2D eigenvalue weighted by atomic mass is 32.1. The van der Waals surface area contributed by atoms with Crippen molar-refractivity contribution < 1.29 is 14.8 Å². The molecule has 0 saturated carbocycles. The number of nitrogens with zero attached hydrogens (tertiary/aromatic N) is 2. The third-order valence-electron chi connectivity index (χ3n) is 2.77. The van der Waals surface area contributed by atoms with Crippen molar-refractivity contribution >= 4 is 27.4 Å². The van der Waals surface area contributed by atoms with Crippen LogP contribution in [0.15, 0.2) is 6.20 Å². The lowest BCUT2D eigenvalue weighted by Gasteiger charge is -2.23. The average molecular weight is 287 g/mol. The van der Waals surface area contributed by atoms with Crippen LogP contribution in [0.25, 0.3) is 0 Å². The summed E-state index contributed by atoms with van der Waals surface area (Å²) in [5, 5.41) is 22.7. The highest BCUT2D eigenvalue weighted by Gasteiger charge is 2.19. The van der Waals surface area contributed by atoms with Crippen molar-refractivity contribution in [2.75, 3.05) is 11.9 Å². The van der Waals surface area contributed by atoms with Gasteiger partial charge in [0.1, 0.15) is 6.20 Å². The van der Waals surface area contributed by atoms with E-state index in [4.69, 9.17) is 5.11 Å². The number of carbonyl (C=O) groups is 1. The van der Waals surface area contributed by atoms with Gasteiger partial charge in [-0.2, -0.15) is 0 Å². The number of thiazole rings is 1. The van der Waals surface area contributed by atoms with Crippen LogP contribution in [0.2, 0.25) is 0 Å². The molecule has 0 fully saturated rings. The number of hydrogen-bond donors (Lipinski definition) is 2. The van der Waals surface area contributed by atoms with Crippen molar-refractivity contribution in [2.45, 2.75) is 33.1 Å². The first kappa shape index (κ1) is 15.4. The number of hydrogen-bond acceptors (Lipinski definition) is 6. The number of nitro groups is 1. The van der Waals surface area contributed by atoms with E-state index < -0.39 is 10.9 Å². The summed E-state index contributed by atoms with van der Waals surface area (Å²) in [6, 6.07) is 0. The zero-order valence-electron chi connectivity index (χ0n) is 10.9. The number of anilines is 1. The SMILES string of the molecule is CC(C)(CCNc1ncc([N+](=O)[O-])s1)CCC(=O)O. The lowest BCUT2D eigenvalue weighted by Crippen LogP contribution is -2.18. The Hall–Kier alpha value is -1.70. The second-order valence-electron chi connectivity index (χ2n) is 5.00. The first-order valence-corrected chi connectivity index (χ1v) is 6.68. The molecule has 19 heavy (non-hydrogen) atoms. The Morgan fingerprint density at radius 2 is 2.26 bits per heavy atom. The van der Waals surface area contributed by atoms with E-state index in [1.807, 2.05) is 13.8 Å². The van der Waals surface area contributed by atoms with E-state index in [-0.39, 0.29) is 16.8 Å². The number of carboxylic acids is 1. The zero-order chi connectivity index (χ0) is 14.5. The van der Waals surface area contributed by atoms with Gasteiger partial charge in [0, 0.05) is 13.0 Å². The molecule has 0 aliphatic carbocycles. The number of carboxylic acid groups (broad SMARTS) is 1. The zero-order valence-corrected chi connectivity index (χ0v) is 11.7. The molecule has 0 aliphatic heterocycles. The lowest BCUT2D eigenvalue weighted by molar-refractivity contribution is -0.380. The first-order chi connectivity index (χ1) is 8.80. The van der Waals surface area contributed by atoms with E-state index in [0.29, 0.717) is 18.1 Å². The van der Waals surface area contributed by atoms with Crippen LogP contribution >= 0.6 is 11.3 Å². The number of nitrogens with one attached hydrogen (secondary N) is 1. The second kappa shape index (κ2) is 6.46. The van der Waals surface area contributed by atoms with Gasteiger partial charge in [-0.3, -0.25) is 14.9 Å². The van der Waals surface area contributed by atoms with Gasteiger partial charge >= 0.3 is 11.0 Å².